The Kier molecular flexibility index (Phi) is 21.0. The fourth-order valence-electron chi connectivity index (χ4n) is 5.60. The van der Waals surface area contributed by atoms with Crippen molar-refractivity contribution in [2.24, 2.45) is 5.73 Å². The number of amides is 6. The van der Waals surface area contributed by atoms with Gasteiger partial charge >= 0.3 is 6.03 Å². The van der Waals surface area contributed by atoms with Gasteiger partial charge < -0.3 is 37.6 Å². The van der Waals surface area contributed by atoms with Crippen LogP contribution in [0.25, 0.3) is 0 Å². The van der Waals surface area contributed by atoms with Gasteiger partial charge in [-0.3, -0.25) is 19.2 Å². The zero-order valence-corrected chi connectivity index (χ0v) is 30.8. The molecule has 0 aromatic carbocycles. The highest BCUT2D eigenvalue weighted by atomic mass is 33.1. The smallest absolute Gasteiger partial charge is 0.315 e. The molecule has 48 heavy (non-hydrogen) atoms. The second-order valence-corrected chi connectivity index (χ2v) is 18.3. The van der Waals surface area contributed by atoms with Gasteiger partial charge in [0.15, 0.2) is 8.87 Å². The molecule has 2 aliphatic heterocycles. The minimum absolute atomic E-state index is 0.0396. The molecule has 2 rings (SSSR count). The molecule has 2 aliphatic rings. The molecule has 0 saturated carbocycles. The largest absolute Gasteiger partial charge is 0.356 e. The number of carbonyl (C=O) groups excluding carboxylic acids is 5. The van der Waals surface area contributed by atoms with Gasteiger partial charge in [0.25, 0.3) is 0 Å². The van der Waals surface area contributed by atoms with E-state index in [1.165, 1.54) is 0 Å². The second-order valence-electron chi connectivity index (χ2n) is 12.4. The maximum absolute atomic E-state index is 12.7. The van der Waals surface area contributed by atoms with E-state index in [0.717, 1.165) is 74.2 Å². The van der Waals surface area contributed by atoms with Gasteiger partial charge in [-0.2, -0.15) is 11.8 Å². The summed E-state index contributed by atoms with van der Waals surface area (Å²) < 4.78 is 22.6. The van der Waals surface area contributed by atoms with Crippen molar-refractivity contribution in [3.63, 3.8) is 0 Å². The molecule has 0 aromatic heterocycles. The van der Waals surface area contributed by atoms with E-state index >= 15 is 0 Å². The lowest BCUT2D eigenvalue weighted by atomic mass is 10.0. The molecule has 276 valence electrons. The van der Waals surface area contributed by atoms with Gasteiger partial charge in [-0.05, 0) is 75.1 Å². The fraction of sp³-hybridized carbons (Fsp3) is 0.839. The normalized spacial score (nSPS) is 19.1. The van der Waals surface area contributed by atoms with Crippen molar-refractivity contribution in [1.29, 1.82) is 0 Å². The standard InChI is InChI=1S/C31H57N7O7S3/c1-48(44,45)47-21-20-35-30(42)23(36-28(41)16-4-2-9-17-32)12-8-11-19-34-26(39)14-5-3-10-18-33-27(40)15-7-6-13-25-29-24(22-46-25)37-31(43)38-29/h23-25,29H,2-22,32H2,1H3,(H,33,40)(H,34,39)(H,35,42)(H,36,41)(H2,37,38,43)/t23-,24?,25?,29?/m1/s1. The summed E-state index contributed by atoms with van der Waals surface area (Å²) in [6.45, 7) is 1.80. The lowest BCUT2D eigenvalue weighted by Crippen LogP contribution is -2.47. The quantitative estimate of drug-likeness (QED) is 0.0366. The predicted octanol–water partition coefficient (Wildman–Crippen LogP) is 1.49. The maximum atomic E-state index is 12.7. The average molecular weight is 736 g/mol. The van der Waals surface area contributed by atoms with E-state index < -0.39 is 14.9 Å². The van der Waals surface area contributed by atoms with Crippen LogP contribution in [0.4, 0.5) is 4.79 Å². The predicted molar refractivity (Wildman–Crippen MR) is 192 cm³/mol. The SMILES string of the molecule is CS(=O)(=O)SCCNC(=O)[C@@H](CCCCNC(=O)CCCCCNC(=O)CCCCC1SCC2NC(=O)NC21)NC(=O)CCCCCN. The Bertz CT molecular complexity index is 1130. The maximum Gasteiger partial charge on any atom is 0.315 e. The first-order valence-corrected chi connectivity index (χ1v) is 21.8. The number of nitrogens with one attached hydrogen (secondary N) is 6. The van der Waals surface area contributed by atoms with Gasteiger partial charge in [0.05, 0.1) is 12.1 Å². The molecule has 0 radical (unpaired) electrons. The van der Waals surface area contributed by atoms with Gasteiger partial charge in [-0.1, -0.05) is 19.3 Å². The highest BCUT2D eigenvalue weighted by Gasteiger charge is 2.42. The van der Waals surface area contributed by atoms with Crippen LogP contribution in [0, 0.1) is 0 Å². The van der Waals surface area contributed by atoms with E-state index in [4.69, 9.17) is 5.73 Å². The van der Waals surface area contributed by atoms with Crippen LogP contribution in [0.2, 0.25) is 0 Å². The Morgan fingerprint density at radius 1 is 0.833 bits per heavy atom. The molecular weight excluding hydrogens is 679 g/mol. The highest BCUT2D eigenvalue weighted by Crippen LogP contribution is 2.33. The van der Waals surface area contributed by atoms with Crippen molar-refractivity contribution < 1.29 is 32.4 Å². The molecule has 17 heteroatoms. The molecule has 0 bridgehead atoms. The number of carbonyl (C=O) groups is 5. The second kappa shape index (κ2) is 24.0. The van der Waals surface area contributed by atoms with Crippen molar-refractivity contribution >= 4 is 61.1 Å². The summed E-state index contributed by atoms with van der Waals surface area (Å²) in [4.78, 5) is 61.0. The van der Waals surface area contributed by atoms with Crippen LogP contribution in [-0.4, -0.2) is 105 Å². The zero-order chi connectivity index (χ0) is 35.2. The van der Waals surface area contributed by atoms with Crippen molar-refractivity contribution in [3.05, 3.63) is 0 Å². The summed E-state index contributed by atoms with van der Waals surface area (Å²) in [6.07, 6.45) is 11.5. The van der Waals surface area contributed by atoms with Crippen LogP contribution in [0.15, 0.2) is 0 Å². The average Bonchev–Trinajstić information content (AvgIpc) is 3.59. The molecular formula is C31H57N7O7S3. The summed E-state index contributed by atoms with van der Waals surface area (Å²) in [7, 11) is -2.44. The van der Waals surface area contributed by atoms with Crippen molar-refractivity contribution in [2.45, 2.75) is 120 Å². The molecule has 4 atom stereocenters. The number of hydrogen-bond acceptors (Lipinski definition) is 10. The van der Waals surface area contributed by atoms with E-state index in [1.807, 2.05) is 11.8 Å². The summed E-state index contributed by atoms with van der Waals surface area (Å²) in [5.74, 6) is 0.605. The molecule has 0 aromatic rings. The molecule has 2 heterocycles. The van der Waals surface area contributed by atoms with Gasteiger partial charge in [-0.25, -0.2) is 13.2 Å². The van der Waals surface area contributed by atoms with Gasteiger partial charge in [0.1, 0.15) is 6.04 Å². The van der Waals surface area contributed by atoms with Crippen LogP contribution >= 0.6 is 22.6 Å². The summed E-state index contributed by atoms with van der Waals surface area (Å²) in [6, 6.07) is -0.382. The fourth-order valence-corrected chi connectivity index (χ4v) is 8.79. The molecule has 0 aliphatic carbocycles. The van der Waals surface area contributed by atoms with Gasteiger partial charge in [0, 0.05) is 61.9 Å². The first kappa shape index (κ1) is 41.9. The number of thioether (sulfide) groups is 1. The lowest BCUT2D eigenvalue weighted by Gasteiger charge is -2.18. The minimum atomic E-state index is -3.20. The highest BCUT2D eigenvalue weighted by molar-refractivity contribution is 8.71. The molecule has 6 amide bonds. The topological polar surface area (TPSA) is 218 Å². The molecule has 2 fully saturated rings. The van der Waals surface area contributed by atoms with Gasteiger partial charge in [0.2, 0.25) is 23.6 Å². The Balaban J connectivity index is 1.50. The number of rotatable bonds is 27. The number of unbranched alkanes of at least 4 members (excludes halogenated alkanes) is 6. The van der Waals surface area contributed by atoms with E-state index in [-0.39, 0.29) is 54.0 Å². The summed E-state index contributed by atoms with van der Waals surface area (Å²) >= 11 is 1.89. The summed E-state index contributed by atoms with van der Waals surface area (Å²) in [5, 5.41) is 17.7. The Morgan fingerprint density at radius 2 is 1.46 bits per heavy atom. The summed E-state index contributed by atoms with van der Waals surface area (Å²) in [5.41, 5.74) is 5.50. The van der Waals surface area contributed by atoms with Crippen LogP contribution in [0.3, 0.4) is 0 Å². The van der Waals surface area contributed by atoms with Crippen molar-refractivity contribution in [1.82, 2.24) is 31.9 Å². The molecule has 14 nitrogen and oxygen atoms in total. The first-order chi connectivity index (χ1) is 23.0. The third kappa shape index (κ3) is 19.1. The van der Waals surface area contributed by atoms with Crippen LogP contribution < -0.4 is 37.6 Å². The van der Waals surface area contributed by atoms with Crippen LogP contribution in [0.5, 0.6) is 0 Å². The number of urea groups is 1. The monoisotopic (exact) mass is 735 g/mol. The van der Waals surface area contributed by atoms with Gasteiger partial charge in [-0.15, -0.1) is 0 Å². The first-order valence-electron chi connectivity index (χ1n) is 17.3. The number of hydrogen-bond donors (Lipinski definition) is 7. The molecule has 2 saturated heterocycles. The van der Waals surface area contributed by atoms with E-state index in [0.29, 0.717) is 69.8 Å². The third-order valence-corrected chi connectivity index (χ3v) is 12.3. The minimum Gasteiger partial charge on any atom is -0.356 e. The number of nitrogens with two attached hydrogens (primary N) is 1. The Labute approximate surface area is 293 Å². The van der Waals surface area contributed by atoms with E-state index in [1.54, 1.807) is 0 Å². The van der Waals surface area contributed by atoms with Crippen LogP contribution in [0.1, 0.15) is 96.3 Å². The van der Waals surface area contributed by atoms with Crippen LogP contribution in [-0.2, 0) is 28.0 Å². The Hall–Kier alpha value is -2.24. The third-order valence-electron chi connectivity index (χ3n) is 8.18. The number of fused-ring (bicyclic) bond motifs is 1. The molecule has 3 unspecified atom stereocenters. The van der Waals surface area contributed by atoms with Crippen molar-refractivity contribution in [3.8, 4) is 0 Å². The molecule has 0 spiro atoms. The van der Waals surface area contributed by atoms with Crippen molar-refractivity contribution in [2.75, 3.05) is 43.9 Å². The zero-order valence-electron chi connectivity index (χ0n) is 28.3. The van der Waals surface area contributed by atoms with E-state index in [2.05, 4.69) is 31.9 Å². The molecule has 8 N–H and O–H groups in total. The Morgan fingerprint density at radius 3 is 2.12 bits per heavy atom. The lowest BCUT2D eigenvalue weighted by molar-refractivity contribution is -0.129. The van der Waals surface area contributed by atoms with E-state index in [9.17, 15) is 32.4 Å².